The summed E-state index contributed by atoms with van der Waals surface area (Å²) >= 11 is 0. The Morgan fingerprint density at radius 1 is 1.75 bits per heavy atom. The molecule has 0 bridgehead atoms. The van der Waals surface area contributed by atoms with Gasteiger partial charge in [-0.05, 0) is 12.5 Å². The van der Waals surface area contributed by atoms with Crippen LogP contribution in [0.3, 0.4) is 0 Å². The zero-order valence-corrected chi connectivity index (χ0v) is 7.34. The van der Waals surface area contributed by atoms with Crippen LogP contribution in [0.1, 0.15) is 19.8 Å². The molecule has 1 atom stereocenters. The summed E-state index contributed by atoms with van der Waals surface area (Å²) in [4.78, 5) is 11.0. The highest BCUT2D eigenvalue weighted by Gasteiger charge is 2.05. The standard InChI is InChI=1S/C8H15N3O/c1-7(6-10)5-8(12)11-4-2-3-9/h7H,2,4-6,10H2,1H3,(H,11,12). The van der Waals surface area contributed by atoms with Crippen LogP contribution < -0.4 is 11.1 Å². The van der Waals surface area contributed by atoms with E-state index in [0.717, 1.165) is 0 Å². The van der Waals surface area contributed by atoms with Crippen LogP contribution in [-0.4, -0.2) is 19.0 Å². The van der Waals surface area contributed by atoms with E-state index in [0.29, 0.717) is 25.9 Å². The highest BCUT2D eigenvalue weighted by molar-refractivity contribution is 5.76. The van der Waals surface area contributed by atoms with Gasteiger partial charge in [0.25, 0.3) is 0 Å². The van der Waals surface area contributed by atoms with Crippen LogP contribution in [0, 0.1) is 17.2 Å². The number of rotatable bonds is 5. The molecule has 0 aliphatic carbocycles. The van der Waals surface area contributed by atoms with Crippen molar-refractivity contribution in [3.63, 3.8) is 0 Å². The van der Waals surface area contributed by atoms with Crippen molar-refractivity contribution in [2.75, 3.05) is 13.1 Å². The molecule has 0 aliphatic heterocycles. The summed E-state index contributed by atoms with van der Waals surface area (Å²) < 4.78 is 0. The van der Waals surface area contributed by atoms with Crippen LogP contribution in [0.4, 0.5) is 0 Å². The quantitative estimate of drug-likeness (QED) is 0.568. The lowest BCUT2D eigenvalue weighted by atomic mass is 10.1. The third-order valence-electron chi connectivity index (χ3n) is 1.50. The van der Waals surface area contributed by atoms with Crippen LogP contribution >= 0.6 is 0 Å². The predicted octanol–water partition coefficient (Wildman–Crippen LogP) is 0.00118. The molecule has 0 aromatic rings. The van der Waals surface area contributed by atoms with Gasteiger partial charge in [0, 0.05) is 13.0 Å². The van der Waals surface area contributed by atoms with Gasteiger partial charge in [-0.1, -0.05) is 6.92 Å². The van der Waals surface area contributed by atoms with Crippen LogP contribution in [0.2, 0.25) is 0 Å². The molecule has 0 radical (unpaired) electrons. The van der Waals surface area contributed by atoms with Crippen molar-refractivity contribution in [3.05, 3.63) is 0 Å². The molecule has 0 aromatic carbocycles. The molecular weight excluding hydrogens is 154 g/mol. The highest BCUT2D eigenvalue weighted by atomic mass is 16.1. The molecule has 0 fully saturated rings. The number of nitriles is 1. The lowest BCUT2D eigenvalue weighted by Crippen LogP contribution is -2.27. The van der Waals surface area contributed by atoms with E-state index < -0.39 is 0 Å². The Balaban J connectivity index is 3.41. The van der Waals surface area contributed by atoms with Gasteiger partial charge in [-0.2, -0.15) is 5.26 Å². The normalized spacial score (nSPS) is 11.8. The molecule has 68 valence electrons. The van der Waals surface area contributed by atoms with E-state index in [2.05, 4.69) is 5.32 Å². The molecule has 1 unspecified atom stereocenters. The molecule has 4 nitrogen and oxygen atoms in total. The minimum Gasteiger partial charge on any atom is -0.355 e. The van der Waals surface area contributed by atoms with E-state index >= 15 is 0 Å². The Hall–Kier alpha value is -1.08. The molecule has 0 saturated heterocycles. The van der Waals surface area contributed by atoms with E-state index in [1.54, 1.807) is 0 Å². The smallest absolute Gasteiger partial charge is 0.220 e. The number of amides is 1. The number of nitrogens with zero attached hydrogens (tertiary/aromatic N) is 1. The van der Waals surface area contributed by atoms with E-state index in [-0.39, 0.29) is 11.8 Å². The highest BCUT2D eigenvalue weighted by Crippen LogP contribution is 1.97. The molecule has 0 spiro atoms. The van der Waals surface area contributed by atoms with Gasteiger partial charge in [0.2, 0.25) is 5.91 Å². The maximum Gasteiger partial charge on any atom is 0.220 e. The van der Waals surface area contributed by atoms with Crippen molar-refractivity contribution < 1.29 is 4.79 Å². The average molecular weight is 169 g/mol. The summed E-state index contributed by atoms with van der Waals surface area (Å²) in [5.41, 5.74) is 5.34. The molecule has 4 heteroatoms. The third-order valence-corrected chi connectivity index (χ3v) is 1.50. The molecule has 12 heavy (non-hydrogen) atoms. The van der Waals surface area contributed by atoms with Crippen molar-refractivity contribution >= 4 is 5.91 Å². The van der Waals surface area contributed by atoms with E-state index in [4.69, 9.17) is 11.0 Å². The van der Waals surface area contributed by atoms with Gasteiger partial charge in [-0.3, -0.25) is 4.79 Å². The minimum atomic E-state index is -0.0248. The number of carbonyl (C=O) groups excluding carboxylic acids is 1. The third kappa shape index (κ3) is 5.69. The van der Waals surface area contributed by atoms with Crippen LogP contribution in [-0.2, 0) is 4.79 Å². The Labute approximate surface area is 72.7 Å². The number of hydrogen-bond acceptors (Lipinski definition) is 3. The maximum absolute atomic E-state index is 11.0. The minimum absolute atomic E-state index is 0.0248. The summed E-state index contributed by atoms with van der Waals surface area (Å²) in [6, 6.07) is 1.95. The van der Waals surface area contributed by atoms with E-state index in [1.807, 2.05) is 13.0 Å². The first-order valence-electron chi connectivity index (χ1n) is 4.04. The van der Waals surface area contributed by atoms with Gasteiger partial charge in [0.1, 0.15) is 0 Å². The van der Waals surface area contributed by atoms with Crippen molar-refractivity contribution in [1.82, 2.24) is 5.32 Å². The number of carbonyl (C=O) groups is 1. The molecule has 0 aliphatic rings. The van der Waals surface area contributed by atoms with Gasteiger partial charge in [-0.15, -0.1) is 0 Å². The zero-order valence-electron chi connectivity index (χ0n) is 7.34. The maximum atomic E-state index is 11.0. The fraction of sp³-hybridized carbons (Fsp3) is 0.750. The van der Waals surface area contributed by atoms with E-state index in [9.17, 15) is 4.79 Å². The molecule has 3 N–H and O–H groups in total. The molecule has 0 heterocycles. The number of nitrogens with two attached hydrogens (primary N) is 1. The first-order valence-corrected chi connectivity index (χ1v) is 4.04. The Morgan fingerprint density at radius 3 is 2.92 bits per heavy atom. The summed E-state index contributed by atoms with van der Waals surface area (Å²) in [7, 11) is 0. The summed E-state index contributed by atoms with van der Waals surface area (Å²) in [5, 5.41) is 10.8. The van der Waals surface area contributed by atoms with Crippen molar-refractivity contribution in [3.8, 4) is 6.07 Å². The van der Waals surface area contributed by atoms with Crippen molar-refractivity contribution in [1.29, 1.82) is 5.26 Å². The molecule has 0 aromatic heterocycles. The zero-order chi connectivity index (χ0) is 9.40. The van der Waals surface area contributed by atoms with Gasteiger partial charge < -0.3 is 11.1 Å². The van der Waals surface area contributed by atoms with Crippen LogP contribution in [0.5, 0.6) is 0 Å². The fourth-order valence-electron chi connectivity index (χ4n) is 0.730. The second-order valence-electron chi connectivity index (χ2n) is 2.80. The van der Waals surface area contributed by atoms with Gasteiger partial charge in [0.05, 0.1) is 12.5 Å². The monoisotopic (exact) mass is 169 g/mol. The molecular formula is C8H15N3O. The fourth-order valence-corrected chi connectivity index (χ4v) is 0.730. The number of nitrogens with one attached hydrogen (secondary N) is 1. The van der Waals surface area contributed by atoms with Gasteiger partial charge >= 0.3 is 0 Å². The SMILES string of the molecule is CC(CN)CC(=O)NCCC#N. The first-order chi connectivity index (χ1) is 5.70. The summed E-state index contributed by atoms with van der Waals surface area (Å²) in [6.45, 7) is 2.88. The Kier molecular flexibility index (Phi) is 6.02. The Morgan fingerprint density at radius 2 is 2.42 bits per heavy atom. The molecule has 0 saturated carbocycles. The first kappa shape index (κ1) is 10.9. The van der Waals surface area contributed by atoms with Crippen molar-refractivity contribution in [2.45, 2.75) is 19.8 Å². The lowest BCUT2D eigenvalue weighted by molar-refractivity contribution is -0.121. The second kappa shape index (κ2) is 6.62. The Bertz CT molecular complexity index is 174. The van der Waals surface area contributed by atoms with E-state index in [1.165, 1.54) is 0 Å². The topological polar surface area (TPSA) is 78.9 Å². The largest absolute Gasteiger partial charge is 0.355 e. The predicted molar refractivity (Wildman–Crippen MR) is 46.1 cm³/mol. The molecule has 0 rings (SSSR count). The molecule has 1 amide bonds. The van der Waals surface area contributed by atoms with Gasteiger partial charge in [-0.25, -0.2) is 0 Å². The van der Waals surface area contributed by atoms with Crippen LogP contribution in [0.25, 0.3) is 0 Å². The average Bonchev–Trinajstić information content (AvgIpc) is 2.05. The number of hydrogen-bond donors (Lipinski definition) is 2. The van der Waals surface area contributed by atoms with Crippen molar-refractivity contribution in [2.24, 2.45) is 11.7 Å². The van der Waals surface area contributed by atoms with Crippen LogP contribution in [0.15, 0.2) is 0 Å². The lowest BCUT2D eigenvalue weighted by Gasteiger charge is -2.07. The summed E-state index contributed by atoms with van der Waals surface area (Å²) in [6.07, 6.45) is 0.810. The van der Waals surface area contributed by atoms with Gasteiger partial charge in [0.15, 0.2) is 0 Å². The summed E-state index contributed by atoms with van der Waals surface area (Å²) in [5.74, 6) is 0.190. The second-order valence-corrected chi connectivity index (χ2v) is 2.80.